The third-order valence-electron chi connectivity index (χ3n) is 0.0943. The molecule has 3 nitrogen and oxygen atoms in total. The first kappa shape index (κ1) is 5.37. The largest absolute Gasteiger partial charge is 0.387 e. The van der Waals surface area contributed by atoms with Crippen molar-refractivity contribution in [2.24, 2.45) is 0 Å². The maximum Gasteiger partial charge on any atom is 0.310 e. The van der Waals surface area contributed by atoms with Crippen LogP contribution in [-0.2, 0) is 4.44 Å². The number of rotatable bonds is 1. The molecule has 0 spiro atoms. The third-order valence-corrected chi connectivity index (χ3v) is 0.283. The van der Waals surface area contributed by atoms with E-state index in [1.807, 2.05) is 0 Å². The van der Waals surface area contributed by atoms with E-state index in [1.165, 1.54) is 0 Å². The molecule has 2 N–H and O–H groups in total. The van der Waals surface area contributed by atoms with Crippen molar-refractivity contribution >= 4 is 16.7 Å². The zero-order chi connectivity index (χ0) is 4.28. The molecule has 0 aromatic rings. The maximum atomic E-state index is 7.63. The topological polar surface area (TPSA) is 49.7 Å². The average Bonchev–Trinajstić information content (AvgIpc) is 1.38. The summed E-state index contributed by atoms with van der Waals surface area (Å²) in [5.74, 6) is 0. The minimum absolute atomic E-state index is 2.32. The first-order valence-electron chi connectivity index (χ1n) is 0.818. The predicted molar refractivity (Wildman–Crippen MR) is 18.2 cm³/mol. The smallest absolute Gasteiger partial charge is 0.310 e. The van der Waals surface area contributed by atoms with Gasteiger partial charge in [-0.05, 0) is 0 Å². The molecule has 0 aliphatic rings. The molecule has 0 unspecified atom stereocenters. The molecule has 0 amide bonds. The first-order chi connectivity index (χ1) is 2.27. The SMILES string of the molecule is [B]OP(O)O. The fraction of sp³-hybridized carbons (Fsp3) is 0. The van der Waals surface area contributed by atoms with E-state index in [9.17, 15) is 0 Å². The summed E-state index contributed by atoms with van der Waals surface area (Å²) in [7, 11) is 1.88. The van der Waals surface area contributed by atoms with Crippen molar-refractivity contribution in [3.63, 3.8) is 0 Å². The summed E-state index contributed by atoms with van der Waals surface area (Å²) in [6.07, 6.45) is 0. The van der Waals surface area contributed by atoms with E-state index in [2.05, 4.69) is 12.5 Å². The van der Waals surface area contributed by atoms with Gasteiger partial charge in [-0.25, -0.2) is 0 Å². The van der Waals surface area contributed by atoms with Crippen molar-refractivity contribution in [2.75, 3.05) is 0 Å². The van der Waals surface area contributed by atoms with Crippen LogP contribution in [0, 0.1) is 0 Å². The normalized spacial score (nSPS) is 9.40. The molecule has 0 aromatic carbocycles. The van der Waals surface area contributed by atoms with Crippen LogP contribution in [0.5, 0.6) is 0 Å². The summed E-state index contributed by atoms with van der Waals surface area (Å²) in [5, 5.41) is 0. The molecule has 5 heavy (non-hydrogen) atoms. The Hall–Kier alpha value is 0.375. The van der Waals surface area contributed by atoms with Crippen molar-refractivity contribution in [2.45, 2.75) is 0 Å². The monoisotopic (exact) mass is 92.0 g/mol. The molecule has 28 valence electrons. The maximum absolute atomic E-state index is 7.63. The Bertz CT molecular complexity index is 20.9. The van der Waals surface area contributed by atoms with Crippen LogP contribution >= 0.6 is 8.60 Å². The summed E-state index contributed by atoms with van der Waals surface area (Å²) < 4.78 is 3.43. The molecular weight excluding hydrogens is 89.8 g/mol. The van der Waals surface area contributed by atoms with Gasteiger partial charge in [0.2, 0.25) is 0 Å². The van der Waals surface area contributed by atoms with Gasteiger partial charge in [0.05, 0.1) is 0 Å². The Labute approximate surface area is 32.0 Å². The summed E-state index contributed by atoms with van der Waals surface area (Å²) in [6.45, 7) is 0. The van der Waals surface area contributed by atoms with Crippen molar-refractivity contribution in [3.8, 4) is 0 Å². The minimum atomic E-state index is -2.32. The Kier molecular flexibility index (Phi) is 2.80. The zero-order valence-corrected chi connectivity index (χ0v) is 3.22. The van der Waals surface area contributed by atoms with Gasteiger partial charge >= 0.3 is 8.60 Å². The van der Waals surface area contributed by atoms with E-state index in [-0.39, 0.29) is 0 Å². The molecule has 0 saturated heterocycles. The highest BCUT2D eigenvalue weighted by Gasteiger charge is 1.85. The summed E-state index contributed by atoms with van der Waals surface area (Å²) in [6, 6.07) is 0. The van der Waals surface area contributed by atoms with Gasteiger partial charge in [0.15, 0.2) is 0 Å². The molecule has 0 heterocycles. The molecule has 0 saturated carbocycles. The van der Waals surface area contributed by atoms with Crippen molar-refractivity contribution in [3.05, 3.63) is 0 Å². The molecule has 0 rings (SSSR count). The second-order valence-electron chi connectivity index (χ2n) is 0.358. The third kappa shape index (κ3) is 4.37. The van der Waals surface area contributed by atoms with Crippen LogP contribution < -0.4 is 0 Å². The highest BCUT2D eigenvalue weighted by atomic mass is 31.2. The first-order valence-corrected chi connectivity index (χ1v) is 1.98. The van der Waals surface area contributed by atoms with Crippen LogP contribution in [0.1, 0.15) is 0 Å². The van der Waals surface area contributed by atoms with Gasteiger partial charge in [0, 0.05) is 0 Å². The number of hydrogen-bond donors (Lipinski definition) is 2. The van der Waals surface area contributed by atoms with Crippen molar-refractivity contribution in [1.29, 1.82) is 0 Å². The summed E-state index contributed by atoms with van der Waals surface area (Å²) >= 11 is 0. The molecule has 0 atom stereocenters. The molecule has 2 radical (unpaired) electrons. The van der Waals surface area contributed by atoms with E-state index < -0.39 is 8.60 Å². The van der Waals surface area contributed by atoms with E-state index >= 15 is 0 Å². The molecule has 0 fully saturated rings. The lowest BCUT2D eigenvalue weighted by atomic mass is 10.6. The Morgan fingerprint density at radius 1 is 1.60 bits per heavy atom. The van der Waals surface area contributed by atoms with E-state index in [4.69, 9.17) is 9.79 Å². The van der Waals surface area contributed by atoms with Crippen LogP contribution in [0.2, 0.25) is 0 Å². The molecule has 0 aromatic heterocycles. The van der Waals surface area contributed by atoms with Gasteiger partial charge in [-0.3, -0.25) is 0 Å². The predicted octanol–water partition coefficient (Wildman–Crippen LogP) is -0.702. The van der Waals surface area contributed by atoms with Gasteiger partial charge in [0.1, 0.15) is 0 Å². The van der Waals surface area contributed by atoms with Crippen LogP contribution in [0.4, 0.5) is 0 Å². The van der Waals surface area contributed by atoms with Crippen molar-refractivity contribution < 1.29 is 14.2 Å². The van der Waals surface area contributed by atoms with Gasteiger partial charge in [-0.1, -0.05) is 0 Å². The molecule has 5 heteroatoms. The van der Waals surface area contributed by atoms with E-state index in [0.717, 1.165) is 0 Å². The van der Waals surface area contributed by atoms with Crippen LogP contribution in [0.15, 0.2) is 0 Å². The average molecular weight is 91.8 g/mol. The molecule has 0 aliphatic heterocycles. The lowest BCUT2D eigenvalue weighted by Gasteiger charge is -1.90. The van der Waals surface area contributed by atoms with Gasteiger partial charge < -0.3 is 14.2 Å². The van der Waals surface area contributed by atoms with E-state index in [1.54, 1.807) is 0 Å². The molecule has 0 aliphatic carbocycles. The Morgan fingerprint density at radius 2 is 1.80 bits per heavy atom. The van der Waals surface area contributed by atoms with Crippen molar-refractivity contribution in [1.82, 2.24) is 0 Å². The quantitative estimate of drug-likeness (QED) is 0.332. The number of hydrogen-bond acceptors (Lipinski definition) is 3. The highest BCUT2D eigenvalue weighted by Crippen LogP contribution is 2.20. The highest BCUT2D eigenvalue weighted by molar-refractivity contribution is 7.40. The second kappa shape index (κ2) is 2.60. The van der Waals surface area contributed by atoms with Gasteiger partial charge in [-0.2, -0.15) is 0 Å². The lowest BCUT2D eigenvalue weighted by Crippen LogP contribution is -1.70. The summed E-state index contributed by atoms with van der Waals surface area (Å²) in [5.41, 5.74) is 0. The van der Waals surface area contributed by atoms with Crippen LogP contribution in [-0.4, -0.2) is 17.8 Å². The van der Waals surface area contributed by atoms with Gasteiger partial charge in [0.25, 0.3) is 8.05 Å². The van der Waals surface area contributed by atoms with Gasteiger partial charge in [-0.15, -0.1) is 0 Å². The fourth-order valence-corrected chi connectivity index (χ4v) is 0. The molecule has 0 bridgehead atoms. The standard InChI is InChI=1S/BH2O3P/c1-4-5(2)3/h2-3H. The zero-order valence-electron chi connectivity index (χ0n) is 2.33. The second-order valence-corrected chi connectivity index (χ2v) is 1.07. The van der Waals surface area contributed by atoms with Crippen LogP contribution in [0.3, 0.4) is 0 Å². The fourth-order valence-electron chi connectivity index (χ4n) is 0. The Balaban J connectivity index is 2.54. The molecular formula is H2BO3P. The van der Waals surface area contributed by atoms with Crippen LogP contribution in [0.25, 0.3) is 0 Å². The lowest BCUT2D eigenvalue weighted by molar-refractivity contribution is 0.389. The van der Waals surface area contributed by atoms with E-state index in [0.29, 0.717) is 0 Å². The summed E-state index contributed by atoms with van der Waals surface area (Å²) in [4.78, 5) is 15.3. The Morgan fingerprint density at radius 3 is 1.80 bits per heavy atom. The minimum Gasteiger partial charge on any atom is -0.387 e.